The fourth-order valence-corrected chi connectivity index (χ4v) is 3.02. The Hall–Kier alpha value is -2.41. The van der Waals surface area contributed by atoms with Crippen molar-refractivity contribution >= 4 is 33.5 Å². The molecule has 6 nitrogen and oxygen atoms in total. The second kappa shape index (κ2) is 7.65. The van der Waals surface area contributed by atoms with Crippen molar-refractivity contribution in [3.05, 3.63) is 58.5 Å². The number of carbonyl (C=O) groups excluding carboxylic acids is 2. The third-order valence-corrected chi connectivity index (χ3v) is 4.52. The molecule has 0 radical (unpaired) electrons. The van der Waals surface area contributed by atoms with Crippen molar-refractivity contribution in [2.75, 3.05) is 0 Å². The van der Waals surface area contributed by atoms with Gasteiger partial charge in [0.05, 0.1) is 12.0 Å². The topological polar surface area (TPSA) is 85.9 Å². The first-order valence-electron chi connectivity index (χ1n) is 7.93. The molecule has 2 heterocycles. The van der Waals surface area contributed by atoms with Crippen molar-refractivity contribution in [1.82, 2.24) is 5.01 Å². The predicted octanol–water partition coefficient (Wildman–Crippen LogP) is 2.64. The van der Waals surface area contributed by atoms with E-state index in [1.54, 1.807) is 12.3 Å². The molecule has 0 fully saturated rings. The number of hydrogen-bond donors (Lipinski definition) is 0. The van der Waals surface area contributed by atoms with Gasteiger partial charge in [-0.3, -0.25) is 4.79 Å². The summed E-state index contributed by atoms with van der Waals surface area (Å²) in [6.45, 7) is 0. The molecule has 0 aliphatic carbocycles. The molecule has 0 bridgehead atoms. The molecule has 1 aromatic heterocycles. The molecular weight excluding hydrogens is 388 g/mol. The smallest absolute Gasteiger partial charge is 0.243 e. The summed E-state index contributed by atoms with van der Waals surface area (Å²) in [5.74, 6) is -0.727. The Balaban J connectivity index is 1.80. The summed E-state index contributed by atoms with van der Waals surface area (Å²) in [5.41, 5.74) is 1.73. The maximum atomic E-state index is 12.5. The van der Waals surface area contributed by atoms with Crippen molar-refractivity contribution in [1.29, 1.82) is 0 Å². The van der Waals surface area contributed by atoms with Crippen LogP contribution in [0, 0.1) is 0 Å². The van der Waals surface area contributed by atoms with Crippen molar-refractivity contribution in [3.8, 4) is 0 Å². The summed E-state index contributed by atoms with van der Waals surface area (Å²) in [5, 5.41) is 16.4. The van der Waals surface area contributed by atoms with Crippen LogP contribution in [0.4, 0.5) is 0 Å². The summed E-state index contributed by atoms with van der Waals surface area (Å²) < 4.78 is 6.43. The van der Waals surface area contributed by atoms with E-state index in [-0.39, 0.29) is 31.2 Å². The lowest BCUT2D eigenvalue weighted by atomic mass is 10.0. The van der Waals surface area contributed by atoms with Crippen LogP contribution in [0.15, 0.2) is 56.7 Å². The normalized spacial score (nSPS) is 16.8. The van der Waals surface area contributed by atoms with Gasteiger partial charge in [0.1, 0.15) is 11.8 Å². The van der Waals surface area contributed by atoms with Crippen LogP contribution < -0.4 is 5.11 Å². The highest BCUT2D eigenvalue weighted by molar-refractivity contribution is 9.10. The number of amides is 1. The highest BCUT2D eigenvalue weighted by atomic mass is 79.9. The molecule has 0 spiro atoms. The summed E-state index contributed by atoms with van der Waals surface area (Å²) >= 11 is 3.40. The molecule has 130 valence electrons. The monoisotopic (exact) mass is 403 g/mol. The first-order chi connectivity index (χ1) is 12.0. The predicted molar refractivity (Wildman–Crippen MR) is 92.4 cm³/mol. The average Bonchev–Trinajstić information content (AvgIpc) is 3.24. The molecule has 0 saturated carbocycles. The molecule has 1 amide bonds. The Morgan fingerprint density at radius 2 is 2.00 bits per heavy atom. The lowest BCUT2D eigenvalue weighted by molar-refractivity contribution is -0.305. The molecule has 0 unspecified atom stereocenters. The van der Waals surface area contributed by atoms with E-state index in [0.29, 0.717) is 12.2 Å². The standard InChI is InChI=1S/C18H17BrN2O4/c19-13-8-6-12(7-9-13)14-11-15(16-3-2-10-25-16)21(20-14)17(22)4-1-5-18(23)24/h2-3,6-10,15H,1,4-5,11H2,(H,23,24)/p-1/t15-/m1/s1. The molecule has 25 heavy (non-hydrogen) atoms. The van der Waals surface area contributed by atoms with Crippen molar-refractivity contribution in [2.24, 2.45) is 5.10 Å². The highest BCUT2D eigenvalue weighted by Crippen LogP contribution is 2.33. The van der Waals surface area contributed by atoms with E-state index in [9.17, 15) is 14.7 Å². The maximum Gasteiger partial charge on any atom is 0.243 e. The number of carboxylic acid groups (broad SMARTS) is 1. The number of furan rings is 1. The van der Waals surface area contributed by atoms with E-state index in [1.165, 1.54) is 5.01 Å². The zero-order chi connectivity index (χ0) is 17.8. The van der Waals surface area contributed by atoms with Crippen LogP contribution in [-0.4, -0.2) is 22.6 Å². The second-order valence-electron chi connectivity index (χ2n) is 5.75. The van der Waals surface area contributed by atoms with E-state index >= 15 is 0 Å². The van der Waals surface area contributed by atoms with Gasteiger partial charge in [0.2, 0.25) is 5.91 Å². The van der Waals surface area contributed by atoms with Crippen molar-refractivity contribution in [2.45, 2.75) is 31.7 Å². The van der Waals surface area contributed by atoms with Gasteiger partial charge in [0, 0.05) is 23.3 Å². The Bertz CT molecular complexity index is 784. The Labute approximate surface area is 153 Å². The van der Waals surface area contributed by atoms with Crippen LogP contribution in [0.2, 0.25) is 0 Å². The number of hydrogen-bond acceptors (Lipinski definition) is 5. The lowest BCUT2D eigenvalue weighted by Crippen LogP contribution is -2.27. The van der Waals surface area contributed by atoms with Gasteiger partial charge in [0.25, 0.3) is 0 Å². The molecule has 0 N–H and O–H groups in total. The van der Waals surface area contributed by atoms with Gasteiger partial charge in [-0.2, -0.15) is 5.10 Å². The lowest BCUT2D eigenvalue weighted by Gasteiger charge is -2.19. The molecular formula is C18H16BrN2O4-. The number of nitrogens with zero attached hydrogens (tertiary/aromatic N) is 2. The zero-order valence-electron chi connectivity index (χ0n) is 13.4. The number of benzene rings is 1. The van der Waals surface area contributed by atoms with E-state index in [0.717, 1.165) is 15.7 Å². The molecule has 1 aromatic carbocycles. The number of halogens is 1. The van der Waals surface area contributed by atoms with Crippen molar-refractivity contribution in [3.63, 3.8) is 0 Å². The average molecular weight is 404 g/mol. The fraction of sp³-hybridized carbons (Fsp3) is 0.278. The SMILES string of the molecule is O=C([O-])CCCC(=O)N1N=C(c2ccc(Br)cc2)C[C@@H]1c1ccco1. The molecule has 1 atom stereocenters. The van der Waals surface area contributed by atoms with Gasteiger partial charge in [-0.25, -0.2) is 5.01 Å². The minimum Gasteiger partial charge on any atom is -0.550 e. The molecule has 3 rings (SSSR count). The van der Waals surface area contributed by atoms with Gasteiger partial charge >= 0.3 is 0 Å². The largest absolute Gasteiger partial charge is 0.550 e. The number of hydrazone groups is 1. The molecule has 7 heteroatoms. The Kier molecular flexibility index (Phi) is 5.33. The van der Waals surface area contributed by atoms with Crippen LogP contribution in [0.5, 0.6) is 0 Å². The van der Waals surface area contributed by atoms with Gasteiger partial charge in [0.15, 0.2) is 0 Å². The molecule has 1 aliphatic rings. The summed E-state index contributed by atoms with van der Waals surface area (Å²) in [4.78, 5) is 23.1. The van der Waals surface area contributed by atoms with Gasteiger partial charge in [-0.05, 0) is 42.7 Å². The summed E-state index contributed by atoms with van der Waals surface area (Å²) in [7, 11) is 0. The fourth-order valence-electron chi connectivity index (χ4n) is 2.76. The third-order valence-electron chi connectivity index (χ3n) is 3.99. The first-order valence-corrected chi connectivity index (χ1v) is 8.72. The van der Waals surface area contributed by atoms with Gasteiger partial charge in [-0.1, -0.05) is 28.1 Å². The molecule has 2 aromatic rings. The van der Waals surface area contributed by atoms with Crippen LogP contribution in [0.1, 0.15) is 43.0 Å². The number of carbonyl (C=O) groups is 2. The van der Waals surface area contributed by atoms with Crippen LogP contribution in [-0.2, 0) is 9.59 Å². The molecule has 1 aliphatic heterocycles. The minimum atomic E-state index is -1.16. The van der Waals surface area contributed by atoms with Gasteiger partial charge < -0.3 is 14.3 Å². The number of carboxylic acids is 1. The third kappa shape index (κ3) is 4.17. The number of aliphatic carboxylic acids is 1. The van der Waals surface area contributed by atoms with E-state index < -0.39 is 5.97 Å². The zero-order valence-corrected chi connectivity index (χ0v) is 14.9. The molecule has 0 saturated heterocycles. The van der Waals surface area contributed by atoms with E-state index in [2.05, 4.69) is 21.0 Å². The first kappa shape index (κ1) is 17.4. The summed E-state index contributed by atoms with van der Waals surface area (Å²) in [6, 6.07) is 11.0. The van der Waals surface area contributed by atoms with Crippen LogP contribution in [0.3, 0.4) is 0 Å². The second-order valence-corrected chi connectivity index (χ2v) is 6.67. The highest BCUT2D eigenvalue weighted by Gasteiger charge is 2.34. The van der Waals surface area contributed by atoms with Crippen molar-refractivity contribution < 1.29 is 19.1 Å². The van der Waals surface area contributed by atoms with E-state index in [1.807, 2.05) is 30.3 Å². The minimum absolute atomic E-state index is 0.0995. The number of rotatable bonds is 6. The Morgan fingerprint density at radius 1 is 1.24 bits per heavy atom. The maximum absolute atomic E-state index is 12.5. The van der Waals surface area contributed by atoms with Crippen LogP contribution in [0.25, 0.3) is 0 Å². The van der Waals surface area contributed by atoms with E-state index in [4.69, 9.17) is 4.42 Å². The van der Waals surface area contributed by atoms with Crippen LogP contribution >= 0.6 is 15.9 Å². The van der Waals surface area contributed by atoms with Gasteiger partial charge in [-0.15, -0.1) is 0 Å². The summed E-state index contributed by atoms with van der Waals surface area (Å²) in [6.07, 6.45) is 2.29. The Morgan fingerprint density at radius 3 is 2.64 bits per heavy atom. The quantitative estimate of drug-likeness (QED) is 0.741.